The van der Waals surface area contributed by atoms with Gasteiger partial charge < -0.3 is 125 Å². The Balaban J connectivity index is 1.40. The van der Waals surface area contributed by atoms with Crippen LogP contribution in [-0.2, 0) is 76.4 Å². The lowest BCUT2D eigenvalue weighted by Gasteiger charge is -2.51. The molecule has 0 radical (unpaired) electrons. The summed E-state index contributed by atoms with van der Waals surface area (Å²) in [5.74, 6) is -3.24. The van der Waals surface area contributed by atoms with Gasteiger partial charge in [0.1, 0.15) is 116 Å². The Morgan fingerprint density at radius 3 is 1.05 bits per heavy atom. The molecule has 0 aromatic heterocycles. The Labute approximate surface area is 416 Å². The van der Waals surface area contributed by atoms with E-state index in [0.29, 0.717) is 0 Å². The van der Waals surface area contributed by atoms with Crippen molar-refractivity contribution in [1.29, 1.82) is 0 Å². The van der Waals surface area contributed by atoms with Crippen LogP contribution in [0.4, 0.5) is 0 Å². The molecule has 0 spiro atoms. The van der Waals surface area contributed by atoms with Crippen LogP contribution in [0, 0.1) is 0 Å². The van der Waals surface area contributed by atoms with Gasteiger partial charge in [-0.1, -0.05) is 0 Å². The molecule has 5 heterocycles. The number of likely N-dealkylation sites (N-methyl/N-ethyl adjacent to an activating group) is 1. The zero-order valence-electron chi connectivity index (χ0n) is 39.8. The quantitative estimate of drug-likeness (QED) is 0.0503. The highest BCUT2D eigenvalue weighted by Gasteiger charge is 2.57. The van der Waals surface area contributed by atoms with Gasteiger partial charge in [-0.15, -0.1) is 0 Å². The number of ether oxygens (including phenoxy) is 9. The number of hydrogen-bond donors (Lipinski definition) is 17. The minimum absolute atomic E-state index is 0.763. The molecule has 5 rings (SSSR count). The van der Waals surface area contributed by atoms with Crippen molar-refractivity contribution in [2.24, 2.45) is 0 Å². The third-order valence-electron chi connectivity index (χ3n) is 12.5. The molecule has 4 amide bonds. The standard InChI is InChI=1S/C39H67N5O28S/c1-11(49)41-20-27(55)34(19(64-35(20)59)10-63-73(60,61)62)72-39-24(44-14(4)52)30(58)33(18(9-48)68-39)71-38-23(43-13(3)51)29(57)32(17(8-47)67-38)70-37-22(42-12(2)50)28(56)31(16(7-46)66-37)69-36-21(40-5)26(54)25(53)15(6-45)65-36/h15-40,45-48,53-59H,6-10H2,1-5H3,(H,41,49)(H,42,50)(H,43,51)(H,44,52)(H,60,61,62). The van der Waals surface area contributed by atoms with Crippen LogP contribution in [-0.4, -0.2) is 286 Å². The van der Waals surface area contributed by atoms with E-state index in [4.69, 9.17) is 42.6 Å². The van der Waals surface area contributed by atoms with Crippen LogP contribution in [0.15, 0.2) is 0 Å². The first-order chi connectivity index (χ1) is 34.3. The molecule has 0 aromatic carbocycles. The summed E-state index contributed by atoms with van der Waals surface area (Å²) in [5, 5.41) is 132. The molecule has 33 nitrogen and oxygen atoms in total. The fraction of sp³-hybridized carbons (Fsp3) is 0.897. The topological polar surface area (TPSA) is 498 Å². The van der Waals surface area contributed by atoms with Gasteiger partial charge in [0.25, 0.3) is 0 Å². The van der Waals surface area contributed by atoms with Crippen LogP contribution >= 0.6 is 0 Å². The highest BCUT2D eigenvalue weighted by atomic mass is 32.3. The summed E-state index contributed by atoms with van der Waals surface area (Å²) < 4.78 is 89.5. The summed E-state index contributed by atoms with van der Waals surface area (Å²) in [6.45, 7) is -0.779. The van der Waals surface area contributed by atoms with Crippen LogP contribution < -0.4 is 26.6 Å². The molecular weight excluding hydrogens is 1020 g/mol. The number of aliphatic hydroxyl groups is 11. The second-order valence-electron chi connectivity index (χ2n) is 17.7. The van der Waals surface area contributed by atoms with Gasteiger partial charge in [-0.25, -0.2) is 4.18 Å². The van der Waals surface area contributed by atoms with Crippen molar-refractivity contribution in [2.45, 2.75) is 181 Å². The molecule has 0 aromatic rings. The second kappa shape index (κ2) is 26.3. The molecule has 5 aliphatic heterocycles. The SMILES string of the molecule is CNC1C(OC2C(CO)OC(OC3C(CO)OC(OC4C(CO)OC(OC5C(COS(=O)(=O)O)OC(O)C(NC(C)=O)C5O)C(NC(C)=O)C4O)C(NC(C)=O)C3O)C(NC(C)=O)C2O)OC(CO)C(O)C1O. The van der Waals surface area contributed by atoms with E-state index in [9.17, 15) is 88.3 Å². The van der Waals surface area contributed by atoms with E-state index in [-0.39, 0.29) is 0 Å². The van der Waals surface area contributed by atoms with Crippen molar-refractivity contribution in [3.8, 4) is 0 Å². The molecule has 5 saturated heterocycles. The maximum Gasteiger partial charge on any atom is 0.397 e. The average Bonchev–Trinajstić information content (AvgIpc) is 3.31. The summed E-state index contributed by atoms with van der Waals surface area (Å²) in [4.78, 5) is 49.7. The van der Waals surface area contributed by atoms with E-state index in [1.54, 1.807) is 0 Å². The van der Waals surface area contributed by atoms with Crippen LogP contribution in [0.2, 0.25) is 0 Å². The lowest BCUT2D eigenvalue weighted by Crippen LogP contribution is -2.72. The Bertz CT molecular complexity index is 1950. The van der Waals surface area contributed by atoms with Crippen LogP contribution in [0.1, 0.15) is 27.7 Å². The molecule has 17 N–H and O–H groups in total. The average molecular weight is 1090 g/mol. The fourth-order valence-corrected chi connectivity index (χ4v) is 9.43. The van der Waals surface area contributed by atoms with E-state index < -0.39 is 220 Å². The maximum atomic E-state index is 12.7. The number of rotatable bonds is 20. The van der Waals surface area contributed by atoms with Crippen molar-refractivity contribution in [3.05, 3.63) is 0 Å². The minimum Gasteiger partial charge on any atom is -0.394 e. The summed E-state index contributed by atoms with van der Waals surface area (Å²) >= 11 is 0. The summed E-state index contributed by atoms with van der Waals surface area (Å²) in [7, 11) is -3.78. The predicted molar refractivity (Wildman–Crippen MR) is 230 cm³/mol. The fourth-order valence-electron chi connectivity index (χ4n) is 9.12. The molecule has 73 heavy (non-hydrogen) atoms. The number of carbonyl (C=O) groups is 4. The molecule has 0 bridgehead atoms. The Morgan fingerprint density at radius 2 is 0.740 bits per heavy atom. The number of hydrogen-bond acceptors (Lipinski definition) is 28. The molecular formula is C39H67N5O28S. The Hall–Kier alpha value is -3.09. The lowest BCUT2D eigenvalue weighted by molar-refractivity contribution is -0.367. The maximum absolute atomic E-state index is 12.7. The van der Waals surface area contributed by atoms with Gasteiger partial charge >= 0.3 is 10.4 Å². The van der Waals surface area contributed by atoms with E-state index in [2.05, 4.69) is 30.8 Å². The molecule has 34 heteroatoms. The van der Waals surface area contributed by atoms with E-state index in [1.807, 2.05) is 0 Å². The van der Waals surface area contributed by atoms with Crippen LogP contribution in [0.5, 0.6) is 0 Å². The number of aliphatic hydroxyl groups excluding tert-OH is 11. The smallest absolute Gasteiger partial charge is 0.394 e. The largest absolute Gasteiger partial charge is 0.397 e. The first kappa shape index (κ1) is 60.8. The van der Waals surface area contributed by atoms with E-state index >= 15 is 0 Å². The second-order valence-corrected chi connectivity index (χ2v) is 18.8. The van der Waals surface area contributed by atoms with Gasteiger partial charge in [-0.2, -0.15) is 8.42 Å². The number of carbonyl (C=O) groups excluding carboxylic acids is 4. The third-order valence-corrected chi connectivity index (χ3v) is 12.9. The first-order valence-corrected chi connectivity index (χ1v) is 24.1. The van der Waals surface area contributed by atoms with Gasteiger partial charge in [0.05, 0.1) is 39.1 Å². The van der Waals surface area contributed by atoms with Crippen molar-refractivity contribution in [1.82, 2.24) is 26.6 Å². The lowest BCUT2D eigenvalue weighted by atomic mass is 9.93. The first-order valence-electron chi connectivity index (χ1n) is 22.8. The predicted octanol–water partition coefficient (Wildman–Crippen LogP) is -11.3. The molecule has 0 saturated carbocycles. The highest BCUT2D eigenvalue weighted by molar-refractivity contribution is 7.80. The van der Waals surface area contributed by atoms with Gasteiger partial charge in [0.15, 0.2) is 31.5 Å². The molecule has 422 valence electrons. The van der Waals surface area contributed by atoms with E-state index in [1.165, 1.54) is 7.05 Å². The monoisotopic (exact) mass is 1090 g/mol. The summed E-state index contributed by atoms with van der Waals surface area (Å²) in [6.07, 6.45) is -35.7. The van der Waals surface area contributed by atoms with Gasteiger partial charge in [0, 0.05) is 27.7 Å². The molecule has 5 fully saturated rings. The van der Waals surface area contributed by atoms with Crippen molar-refractivity contribution < 1.29 is 135 Å². The number of nitrogens with one attached hydrogen (secondary N) is 5. The van der Waals surface area contributed by atoms with Crippen molar-refractivity contribution in [2.75, 3.05) is 40.1 Å². The number of amides is 4. The zero-order valence-corrected chi connectivity index (χ0v) is 40.6. The Kier molecular flexibility index (Phi) is 21.9. The van der Waals surface area contributed by atoms with Gasteiger partial charge in [-0.3, -0.25) is 23.7 Å². The van der Waals surface area contributed by atoms with E-state index in [0.717, 1.165) is 27.7 Å². The van der Waals surface area contributed by atoms with Gasteiger partial charge in [-0.05, 0) is 7.05 Å². The Morgan fingerprint density at radius 1 is 0.438 bits per heavy atom. The molecule has 5 aliphatic rings. The summed E-state index contributed by atoms with van der Waals surface area (Å²) in [5.41, 5.74) is 0. The highest BCUT2D eigenvalue weighted by Crippen LogP contribution is 2.36. The van der Waals surface area contributed by atoms with Crippen molar-refractivity contribution in [3.63, 3.8) is 0 Å². The van der Waals surface area contributed by atoms with Crippen LogP contribution in [0.3, 0.4) is 0 Å². The zero-order chi connectivity index (χ0) is 54.4. The van der Waals surface area contributed by atoms with Crippen molar-refractivity contribution >= 4 is 34.0 Å². The molecule has 25 atom stereocenters. The summed E-state index contributed by atoms with van der Waals surface area (Å²) in [6, 6.07) is -8.01. The van der Waals surface area contributed by atoms with Gasteiger partial charge in [0.2, 0.25) is 23.6 Å². The van der Waals surface area contributed by atoms with Crippen LogP contribution in [0.25, 0.3) is 0 Å². The molecule has 25 unspecified atom stereocenters. The normalized spacial score (nSPS) is 43.4. The minimum atomic E-state index is -5.17. The molecule has 0 aliphatic carbocycles. The third kappa shape index (κ3) is 14.7.